The molecule has 0 bridgehead atoms. The van der Waals surface area contributed by atoms with Crippen molar-refractivity contribution in [2.24, 2.45) is 10.7 Å². The lowest BCUT2D eigenvalue weighted by atomic mass is 10.5. The first-order chi connectivity index (χ1) is 6.33. The topological polar surface area (TPSA) is 50.4 Å². The van der Waals surface area contributed by atoms with Crippen LogP contribution in [0.4, 0.5) is 0 Å². The molecule has 0 aromatic rings. The number of hydrogen-bond acceptors (Lipinski definition) is 3. The zero-order valence-electron chi connectivity index (χ0n) is 7.95. The van der Waals surface area contributed by atoms with Crippen molar-refractivity contribution >= 4 is 29.5 Å². The quantitative estimate of drug-likeness (QED) is 0.543. The van der Waals surface area contributed by atoms with E-state index in [4.69, 9.17) is 5.73 Å². The van der Waals surface area contributed by atoms with Crippen molar-refractivity contribution in [1.29, 1.82) is 0 Å². The summed E-state index contributed by atoms with van der Waals surface area (Å²) in [6, 6.07) is 0. The molecule has 1 heterocycles. The number of nitrogens with two attached hydrogens (primary N) is 1. The summed E-state index contributed by atoms with van der Waals surface area (Å²) in [4.78, 5) is 4.29. The van der Waals surface area contributed by atoms with Crippen molar-refractivity contribution in [2.45, 2.75) is 12.2 Å². The molecule has 0 radical (unpaired) electrons. The van der Waals surface area contributed by atoms with Crippen molar-refractivity contribution in [3.63, 3.8) is 0 Å². The molecular weight excluding hydrogens is 202 g/mol. The van der Waals surface area contributed by atoms with E-state index in [0.717, 1.165) is 13.1 Å². The molecule has 0 amide bonds. The fraction of sp³-hybridized carbons (Fsp3) is 0.875. The molecule has 1 aliphatic heterocycles. The Labute approximate surface area is 88.3 Å². The van der Waals surface area contributed by atoms with Crippen LogP contribution in [0.25, 0.3) is 0 Å². The third-order valence-electron chi connectivity index (χ3n) is 1.71. The van der Waals surface area contributed by atoms with E-state index in [1.807, 2.05) is 30.4 Å². The number of nitrogens with zero attached hydrogens (tertiary/aromatic N) is 1. The van der Waals surface area contributed by atoms with E-state index in [1.54, 1.807) is 0 Å². The first-order valence-corrected chi connectivity index (χ1v) is 6.76. The molecule has 13 heavy (non-hydrogen) atoms. The predicted octanol–water partition coefficient (Wildman–Crippen LogP) is 0.759. The van der Waals surface area contributed by atoms with E-state index >= 15 is 0 Å². The van der Waals surface area contributed by atoms with Crippen LogP contribution in [-0.4, -0.2) is 41.6 Å². The zero-order chi connectivity index (χ0) is 9.52. The Kier molecular flexibility index (Phi) is 5.46. The van der Waals surface area contributed by atoms with Crippen molar-refractivity contribution < 1.29 is 0 Å². The first-order valence-electron chi connectivity index (χ1n) is 4.56. The zero-order valence-corrected chi connectivity index (χ0v) is 9.59. The van der Waals surface area contributed by atoms with Crippen LogP contribution in [-0.2, 0) is 0 Å². The van der Waals surface area contributed by atoms with Gasteiger partial charge in [-0.05, 0) is 6.92 Å². The Bertz CT molecular complexity index is 167. The lowest BCUT2D eigenvalue weighted by Crippen LogP contribution is -2.32. The maximum absolute atomic E-state index is 5.62. The highest BCUT2D eigenvalue weighted by atomic mass is 32.2. The highest BCUT2D eigenvalue weighted by Crippen LogP contribution is 2.23. The lowest BCUT2D eigenvalue weighted by molar-refractivity contribution is 0.901. The predicted molar refractivity (Wildman–Crippen MR) is 63.7 cm³/mol. The van der Waals surface area contributed by atoms with Crippen LogP contribution < -0.4 is 11.1 Å². The Hall–Kier alpha value is -0.0300. The second-order valence-corrected chi connectivity index (χ2v) is 5.38. The van der Waals surface area contributed by atoms with E-state index in [-0.39, 0.29) is 0 Å². The van der Waals surface area contributed by atoms with Crippen LogP contribution in [0.2, 0.25) is 0 Å². The van der Waals surface area contributed by atoms with Gasteiger partial charge in [-0.3, -0.25) is 4.99 Å². The molecule has 1 aliphatic rings. The third-order valence-corrected chi connectivity index (χ3v) is 4.54. The molecule has 1 atom stereocenters. The number of thioether (sulfide) groups is 2. The summed E-state index contributed by atoms with van der Waals surface area (Å²) >= 11 is 4.03. The van der Waals surface area contributed by atoms with Gasteiger partial charge in [0.15, 0.2) is 5.96 Å². The number of nitrogens with one attached hydrogen (secondary N) is 1. The Morgan fingerprint density at radius 1 is 1.62 bits per heavy atom. The fourth-order valence-electron chi connectivity index (χ4n) is 1.08. The second-order valence-electron chi connectivity index (χ2n) is 2.82. The summed E-state index contributed by atoms with van der Waals surface area (Å²) < 4.78 is 0. The van der Waals surface area contributed by atoms with Crippen molar-refractivity contribution in [2.75, 3.05) is 30.3 Å². The van der Waals surface area contributed by atoms with Gasteiger partial charge in [0.25, 0.3) is 0 Å². The van der Waals surface area contributed by atoms with Crippen molar-refractivity contribution in [3.05, 3.63) is 0 Å². The molecular formula is C8H17N3S2. The number of rotatable bonds is 3. The van der Waals surface area contributed by atoms with E-state index in [9.17, 15) is 0 Å². The molecule has 1 unspecified atom stereocenters. The molecule has 3 nitrogen and oxygen atoms in total. The van der Waals surface area contributed by atoms with Crippen LogP contribution in [0, 0.1) is 0 Å². The van der Waals surface area contributed by atoms with Gasteiger partial charge in [-0.1, -0.05) is 0 Å². The highest BCUT2D eigenvalue weighted by molar-refractivity contribution is 8.06. The SMILES string of the molecule is CCNC(N)=NCC1CSCCS1. The van der Waals surface area contributed by atoms with Gasteiger partial charge in [0.05, 0.1) is 6.54 Å². The van der Waals surface area contributed by atoms with Crippen molar-refractivity contribution in [3.8, 4) is 0 Å². The molecule has 0 aromatic carbocycles. The van der Waals surface area contributed by atoms with Gasteiger partial charge in [-0.15, -0.1) is 0 Å². The fourth-order valence-corrected chi connectivity index (χ4v) is 3.66. The molecule has 5 heteroatoms. The molecule has 1 saturated heterocycles. The van der Waals surface area contributed by atoms with E-state index in [0.29, 0.717) is 11.2 Å². The van der Waals surface area contributed by atoms with E-state index < -0.39 is 0 Å². The molecule has 3 N–H and O–H groups in total. The van der Waals surface area contributed by atoms with Crippen LogP contribution in [0.1, 0.15) is 6.92 Å². The minimum Gasteiger partial charge on any atom is -0.370 e. The summed E-state index contributed by atoms with van der Waals surface area (Å²) in [6.07, 6.45) is 0. The highest BCUT2D eigenvalue weighted by Gasteiger charge is 2.13. The smallest absolute Gasteiger partial charge is 0.188 e. The van der Waals surface area contributed by atoms with Gasteiger partial charge < -0.3 is 11.1 Å². The maximum atomic E-state index is 5.62. The summed E-state index contributed by atoms with van der Waals surface area (Å²) in [5.74, 6) is 4.34. The van der Waals surface area contributed by atoms with Crippen molar-refractivity contribution in [1.82, 2.24) is 5.32 Å². The van der Waals surface area contributed by atoms with Gasteiger partial charge >= 0.3 is 0 Å². The maximum Gasteiger partial charge on any atom is 0.188 e. The molecule has 76 valence electrons. The number of hydrogen-bond donors (Lipinski definition) is 2. The molecule has 1 rings (SSSR count). The monoisotopic (exact) mass is 219 g/mol. The van der Waals surface area contributed by atoms with Gasteiger partial charge in [-0.2, -0.15) is 23.5 Å². The summed E-state index contributed by atoms with van der Waals surface area (Å²) in [5.41, 5.74) is 5.62. The van der Waals surface area contributed by atoms with E-state index in [2.05, 4.69) is 10.3 Å². The Balaban J connectivity index is 2.19. The van der Waals surface area contributed by atoms with Crippen LogP contribution in [0.3, 0.4) is 0 Å². The largest absolute Gasteiger partial charge is 0.370 e. The molecule has 0 saturated carbocycles. The van der Waals surface area contributed by atoms with Crippen LogP contribution in [0.5, 0.6) is 0 Å². The van der Waals surface area contributed by atoms with Crippen LogP contribution >= 0.6 is 23.5 Å². The normalized spacial score (nSPS) is 24.4. The number of guanidine groups is 1. The third kappa shape index (κ3) is 4.67. The van der Waals surface area contributed by atoms with E-state index in [1.165, 1.54) is 17.3 Å². The van der Waals surface area contributed by atoms with Crippen LogP contribution in [0.15, 0.2) is 4.99 Å². The first kappa shape index (κ1) is 11.0. The number of aliphatic imine (C=N–C) groups is 1. The standard InChI is InChI=1S/C8H17N3S2/c1-2-10-8(9)11-5-7-6-12-3-4-13-7/h7H,2-6H2,1H3,(H3,9,10,11). The van der Waals surface area contributed by atoms with Gasteiger partial charge in [0.1, 0.15) is 0 Å². The molecule has 0 aromatic heterocycles. The average Bonchev–Trinajstić information content (AvgIpc) is 2.17. The Morgan fingerprint density at radius 3 is 3.08 bits per heavy atom. The minimum atomic E-state index is 0.582. The second kappa shape index (κ2) is 6.43. The summed E-state index contributed by atoms with van der Waals surface area (Å²) in [6.45, 7) is 3.73. The minimum absolute atomic E-state index is 0.582. The molecule has 0 spiro atoms. The van der Waals surface area contributed by atoms with Gasteiger partial charge in [-0.25, -0.2) is 0 Å². The van der Waals surface area contributed by atoms with Gasteiger partial charge in [0, 0.05) is 29.1 Å². The average molecular weight is 219 g/mol. The molecule has 1 fully saturated rings. The molecule has 0 aliphatic carbocycles. The lowest BCUT2D eigenvalue weighted by Gasteiger charge is -2.18. The summed E-state index contributed by atoms with van der Waals surface area (Å²) in [7, 11) is 0. The van der Waals surface area contributed by atoms with Gasteiger partial charge in [0.2, 0.25) is 0 Å². The summed E-state index contributed by atoms with van der Waals surface area (Å²) in [5, 5.41) is 3.66. The Morgan fingerprint density at radius 2 is 2.46 bits per heavy atom.